The SMILES string of the molecule is CC[C@@H](C)C(=O)OO. The average Bonchev–Trinajstić information content (AvgIpc) is 1.84. The van der Waals surface area contributed by atoms with Gasteiger partial charge in [0.1, 0.15) is 0 Å². The molecule has 0 aromatic heterocycles. The third kappa shape index (κ3) is 1.93. The monoisotopic (exact) mass is 118 g/mol. The van der Waals surface area contributed by atoms with Gasteiger partial charge < -0.3 is 4.89 Å². The Morgan fingerprint density at radius 1 is 1.88 bits per heavy atom. The van der Waals surface area contributed by atoms with Gasteiger partial charge in [-0.15, -0.1) is 0 Å². The first-order valence-electron chi connectivity index (χ1n) is 2.57. The molecule has 3 nitrogen and oxygen atoms in total. The van der Waals surface area contributed by atoms with Gasteiger partial charge in [0.05, 0.1) is 5.92 Å². The molecule has 0 spiro atoms. The van der Waals surface area contributed by atoms with E-state index in [1.165, 1.54) is 0 Å². The summed E-state index contributed by atoms with van der Waals surface area (Å²) in [6, 6.07) is 0. The fourth-order valence-corrected chi connectivity index (χ4v) is 0.257. The van der Waals surface area contributed by atoms with Crippen molar-refractivity contribution >= 4 is 5.97 Å². The molecule has 3 heteroatoms. The second-order valence-electron chi connectivity index (χ2n) is 1.72. The molecule has 0 rings (SSSR count). The highest BCUT2D eigenvalue weighted by Crippen LogP contribution is 2.00. The van der Waals surface area contributed by atoms with Crippen LogP contribution in [0.25, 0.3) is 0 Å². The molecule has 0 fully saturated rings. The molecule has 0 bridgehead atoms. The Hall–Kier alpha value is -0.570. The Morgan fingerprint density at radius 3 is 2.50 bits per heavy atom. The van der Waals surface area contributed by atoms with Gasteiger partial charge >= 0.3 is 5.97 Å². The van der Waals surface area contributed by atoms with Crippen LogP contribution in [0.15, 0.2) is 0 Å². The van der Waals surface area contributed by atoms with Gasteiger partial charge in [-0.05, 0) is 6.42 Å². The van der Waals surface area contributed by atoms with Crippen LogP contribution in [0.4, 0.5) is 0 Å². The van der Waals surface area contributed by atoms with Gasteiger partial charge in [0.15, 0.2) is 0 Å². The molecule has 1 N–H and O–H groups in total. The Morgan fingerprint density at radius 2 is 2.38 bits per heavy atom. The Balaban J connectivity index is 3.46. The maximum Gasteiger partial charge on any atom is 0.344 e. The highest BCUT2D eigenvalue weighted by molar-refractivity contribution is 5.71. The summed E-state index contributed by atoms with van der Waals surface area (Å²) >= 11 is 0. The zero-order chi connectivity index (χ0) is 6.57. The average molecular weight is 118 g/mol. The van der Waals surface area contributed by atoms with E-state index < -0.39 is 5.97 Å². The molecular weight excluding hydrogens is 108 g/mol. The molecule has 0 aliphatic heterocycles. The molecule has 0 radical (unpaired) electrons. The van der Waals surface area contributed by atoms with Crippen LogP contribution in [-0.4, -0.2) is 11.2 Å². The van der Waals surface area contributed by atoms with E-state index in [9.17, 15) is 4.79 Å². The van der Waals surface area contributed by atoms with E-state index in [1.807, 2.05) is 6.92 Å². The number of rotatable bonds is 2. The summed E-state index contributed by atoms with van der Waals surface area (Å²) in [5, 5.41) is 7.79. The Bertz CT molecular complexity index is 79.7. The molecule has 0 aromatic carbocycles. The van der Waals surface area contributed by atoms with Crippen LogP contribution in [-0.2, 0) is 9.68 Å². The third-order valence-corrected chi connectivity index (χ3v) is 1.10. The molecule has 0 aliphatic carbocycles. The summed E-state index contributed by atoms with van der Waals surface area (Å²) in [5.41, 5.74) is 0. The predicted octanol–water partition coefficient (Wildman–Crippen LogP) is 1.05. The lowest BCUT2D eigenvalue weighted by molar-refractivity contribution is -0.238. The van der Waals surface area contributed by atoms with Crippen molar-refractivity contribution in [1.82, 2.24) is 0 Å². The molecule has 48 valence electrons. The van der Waals surface area contributed by atoms with Gasteiger partial charge in [-0.1, -0.05) is 13.8 Å². The number of carbonyl (C=O) groups is 1. The Labute approximate surface area is 48.2 Å². The normalized spacial score (nSPS) is 12.9. The largest absolute Gasteiger partial charge is 0.344 e. The van der Waals surface area contributed by atoms with Gasteiger partial charge in [-0.25, -0.2) is 4.79 Å². The van der Waals surface area contributed by atoms with Crippen molar-refractivity contribution in [3.05, 3.63) is 0 Å². The van der Waals surface area contributed by atoms with Gasteiger partial charge in [0.25, 0.3) is 0 Å². The summed E-state index contributed by atoms with van der Waals surface area (Å²) in [6.07, 6.45) is 0.694. The molecule has 0 saturated carbocycles. The van der Waals surface area contributed by atoms with Crippen molar-refractivity contribution in [2.75, 3.05) is 0 Å². The van der Waals surface area contributed by atoms with Crippen molar-refractivity contribution in [3.63, 3.8) is 0 Å². The second kappa shape index (κ2) is 3.43. The lowest BCUT2D eigenvalue weighted by Gasteiger charge is -2.00. The van der Waals surface area contributed by atoms with Crippen LogP contribution in [0, 0.1) is 5.92 Å². The summed E-state index contributed by atoms with van der Waals surface area (Å²) < 4.78 is 0. The summed E-state index contributed by atoms with van der Waals surface area (Å²) in [6.45, 7) is 3.54. The van der Waals surface area contributed by atoms with E-state index in [-0.39, 0.29) is 5.92 Å². The minimum Gasteiger partial charge on any atom is -0.301 e. The van der Waals surface area contributed by atoms with Crippen molar-refractivity contribution in [2.45, 2.75) is 20.3 Å². The second-order valence-corrected chi connectivity index (χ2v) is 1.72. The standard InChI is InChI=1S/C5H10O3/c1-3-4(2)5(6)8-7/h4,7H,3H2,1-2H3/t4-/m1/s1. The number of hydrogen-bond acceptors (Lipinski definition) is 3. The summed E-state index contributed by atoms with van der Waals surface area (Å²) in [5.74, 6) is -0.757. The lowest BCUT2D eigenvalue weighted by atomic mass is 10.1. The molecular formula is C5H10O3. The van der Waals surface area contributed by atoms with E-state index in [4.69, 9.17) is 5.26 Å². The number of hydrogen-bond donors (Lipinski definition) is 1. The minimum atomic E-state index is -0.562. The van der Waals surface area contributed by atoms with E-state index >= 15 is 0 Å². The van der Waals surface area contributed by atoms with Crippen LogP contribution < -0.4 is 0 Å². The maximum absolute atomic E-state index is 10.3. The molecule has 8 heavy (non-hydrogen) atoms. The van der Waals surface area contributed by atoms with Crippen molar-refractivity contribution in [3.8, 4) is 0 Å². The van der Waals surface area contributed by atoms with Crippen LogP contribution in [0.3, 0.4) is 0 Å². The molecule has 0 aliphatic rings. The predicted molar refractivity (Wildman–Crippen MR) is 28.2 cm³/mol. The highest BCUT2D eigenvalue weighted by Gasteiger charge is 2.10. The van der Waals surface area contributed by atoms with Crippen LogP contribution in [0.2, 0.25) is 0 Å². The first-order chi connectivity index (χ1) is 3.72. The lowest BCUT2D eigenvalue weighted by Crippen LogP contribution is -2.11. The number of carbonyl (C=O) groups excluding carboxylic acids is 1. The first kappa shape index (κ1) is 7.43. The molecule has 0 unspecified atom stereocenters. The quantitative estimate of drug-likeness (QED) is 0.435. The van der Waals surface area contributed by atoms with Crippen molar-refractivity contribution in [2.24, 2.45) is 5.92 Å². The Kier molecular flexibility index (Phi) is 3.19. The first-order valence-corrected chi connectivity index (χ1v) is 2.57. The van der Waals surface area contributed by atoms with Crippen LogP contribution >= 0.6 is 0 Å². The van der Waals surface area contributed by atoms with Crippen molar-refractivity contribution in [1.29, 1.82) is 0 Å². The topological polar surface area (TPSA) is 46.5 Å². The molecule has 0 amide bonds. The fourth-order valence-electron chi connectivity index (χ4n) is 0.257. The minimum absolute atomic E-state index is 0.194. The van der Waals surface area contributed by atoms with E-state index in [0.29, 0.717) is 6.42 Å². The van der Waals surface area contributed by atoms with Gasteiger partial charge in [-0.2, -0.15) is 5.26 Å². The van der Waals surface area contributed by atoms with Gasteiger partial charge in [-0.3, -0.25) is 0 Å². The smallest absolute Gasteiger partial charge is 0.301 e. The molecule has 0 saturated heterocycles. The fraction of sp³-hybridized carbons (Fsp3) is 0.800. The molecule has 1 atom stereocenters. The third-order valence-electron chi connectivity index (χ3n) is 1.10. The molecule has 0 aromatic rings. The van der Waals surface area contributed by atoms with E-state index in [0.717, 1.165) is 0 Å². The van der Waals surface area contributed by atoms with Crippen molar-refractivity contribution < 1.29 is 14.9 Å². The summed E-state index contributed by atoms with van der Waals surface area (Å²) in [7, 11) is 0. The zero-order valence-electron chi connectivity index (χ0n) is 5.05. The van der Waals surface area contributed by atoms with Gasteiger partial charge in [0, 0.05) is 0 Å². The molecule has 0 heterocycles. The van der Waals surface area contributed by atoms with Crippen LogP contribution in [0.5, 0.6) is 0 Å². The summed E-state index contributed by atoms with van der Waals surface area (Å²) in [4.78, 5) is 13.7. The van der Waals surface area contributed by atoms with E-state index in [2.05, 4.69) is 4.89 Å². The van der Waals surface area contributed by atoms with E-state index in [1.54, 1.807) is 6.92 Å². The zero-order valence-corrected chi connectivity index (χ0v) is 5.05. The maximum atomic E-state index is 10.3. The highest BCUT2D eigenvalue weighted by atomic mass is 17.1. The van der Waals surface area contributed by atoms with Crippen LogP contribution in [0.1, 0.15) is 20.3 Å². The van der Waals surface area contributed by atoms with Gasteiger partial charge in [0.2, 0.25) is 0 Å².